The maximum atomic E-state index is 12.8. The van der Waals surface area contributed by atoms with E-state index in [4.69, 9.17) is 10.5 Å². The van der Waals surface area contributed by atoms with Gasteiger partial charge in [0.2, 0.25) is 0 Å². The number of halogens is 1. The van der Waals surface area contributed by atoms with Crippen molar-refractivity contribution < 1.29 is 9.13 Å². The van der Waals surface area contributed by atoms with Crippen molar-refractivity contribution in [2.24, 2.45) is 0 Å². The molecular weight excluding hydrogens is 217 g/mol. The first-order valence-corrected chi connectivity index (χ1v) is 4.98. The van der Waals surface area contributed by atoms with Gasteiger partial charge in [-0.1, -0.05) is 10.6 Å². The van der Waals surface area contributed by atoms with Crippen LogP contribution >= 0.6 is 11.5 Å². The number of nitrogens with zero attached hydrogens (tertiary/aromatic N) is 2. The van der Waals surface area contributed by atoms with Gasteiger partial charge in [-0.2, -0.15) is 0 Å². The van der Waals surface area contributed by atoms with Crippen LogP contribution < -0.4 is 10.5 Å². The highest BCUT2D eigenvalue weighted by atomic mass is 32.1. The molecule has 0 bridgehead atoms. The largest absolute Gasteiger partial charge is 0.487 e. The zero-order chi connectivity index (χ0) is 10.7. The van der Waals surface area contributed by atoms with Crippen molar-refractivity contribution in [3.05, 3.63) is 35.8 Å². The molecule has 2 aromatic rings. The molecule has 78 valence electrons. The average Bonchev–Trinajstić information content (AvgIpc) is 2.61. The summed E-state index contributed by atoms with van der Waals surface area (Å²) in [5, 5.41) is 4.30. The van der Waals surface area contributed by atoms with E-state index in [0.29, 0.717) is 16.4 Å². The summed E-state index contributed by atoms with van der Waals surface area (Å²) in [5.41, 5.74) is 6.15. The van der Waals surface area contributed by atoms with Crippen LogP contribution in [0.15, 0.2) is 24.3 Å². The molecule has 1 aromatic heterocycles. The van der Waals surface area contributed by atoms with Gasteiger partial charge in [-0.05, 0) is 12.1 Å². The lowest BCUT2D eigenvalue weighted by atomic mass is 10.3. The maximum Gasteiger partial charge on any atom is 0.136 e. The molecule has 0 spiro atoms. The SMILES string of the molecule is Nc1snnc1COc1cccc(F)c1. The molecule has 2 N–H and O–H groups in total. The fourth-order valence-corrected chi connectivity index (χ4v) is 1.46. The second kappa shape index (κ2) is 4.22. The van der Waals surface area contributed by atoms with E-state index in [1.165, 1.54) is 12.1 Å². The molecule has 0 fully saturated rings. The lowest BCUT2D eigenvalue weighted by molar-refractivity contribution is 0.300. The first kappa shape index (κ1) is 9.85. The van der Waals surface area contributed by atoms with Crippen LogP contribution in [-0.4, -0.2) is 9.59 Å². The zero-order valence-corrected chi connectivity index (χ0v) is 8.50. The monoisotopic (exact) mass is 225 g/mol. The fraction of sp³-hybridized carbons (Fsp3) is 0.111. The highest BCUT2D eigenvalue weighted by molar-refractivity contribution is 7.09. The second-order valence-electron chi connectivity index (χ2n) is 2.83. The Morgan fingerprint density at radius 1 is 1.47 bits per heavy atom. The van der Waals surface area contributed by atoms with Crippen molar-refractivity contribution in [2.75, 3.05) is 5.73 Å². The quantitative estimate of drug-likeness (QED) is 0.865. The summed E-state index contributed by atoms with van der Waals surface area (Å²) in [4.78, 5) is 0. The Morgan fingerprint density at radius 3 is 3.00 bits per heavy atom. The van der Waals surface area contributed by atoms with E-state index in [1.807, 2.05) is 0 Å². The van der Waals surface area contributed by atoms with E-state index in [2.05, 4.69) is 9.59 Å². The van der Waals surface area contributed by atoms with E-state index in [1.54, 1.807) is 12.1 Å². The molecule has 0 aliphatic carbocycles. The van der Waals surface area contributed by atoms with E-state index >= 15 is 0 Å². The van der Waals surface area contributed by atoms with Crippen molar-refractivity contribution in [1.29, 1.82) is 0 Å². The van der Waals surface area contributed by atoms with Crippen LogP contribution in [0.3, 0.4) is 0 Å². The molecule has 0 aliphatic rings. The van der Waals surface area contributed by atoms with E-state index in [0.717, 1.165) is 11.5 Å². The smallest absolute Gasteiger partial charge is 0.136 e. The molecule has 0 saturated heterocycles. The summed E-state index contributed by atoms with van der Waals surface area (Å²) in [6, 6.07) is 5.90. The number of benzene rings is 1. The number of anilines is 1. The van der Waals surface area contributed by atoms with Crippen LogP contribution in [0.1, 0.15) is 5.69 Å². The molecule has 0 saturated carbocycles. The molecule has 0 radical (unpaired) electrons. The topological polar surface area (TPSA) is 61.0 Å². The Labute approximate surface area is 89.7 Å². The fourth-order valence-electron chi connectivity index (χ4n) is 1.02. The van der Waals surface area contributed by atoms with Crippen molar-refractivity contribution >= 4 is 16.5 Å². The number of hydrogen-bond acceptors (Lipinski definition) is 5. The van der Waals surface area contributed by atoms with Crippen molar-refractivity contribution in [1.82, 2.24) is 9.59 Å². The number of nitrogens with two attached hydrogens (primary N) is 1. The van der Waals surface area contributed by atoms with Gasteiger partial charge in [0, 0.05) is 17.6 Å². The Bertz CT molecular complexity index is 460. The standard InChI is InChI=1S/C9H8FN3OS/c10-6-2-1-3-7(4-6)14-5-8-9(11)15-13-12-8/h1-4H,5,11H2. The van der Waals surface area contributed by atoms with E-state index in [-0.39, 0.29) is 12.4 Å². The van der Waals surface area contributed by atoms with Crippen molar-refractivity contribution in [2.45, 2.75) is 6.61 Å². The third-order valence-corrected chi connectivity index (χ3v) is 2.35. The summed E-state index contributed by atoms with van der Waals surface area (Å²) >= 11 is 1.11. The highest BCUT2D eigenvalue weighted by Gasteiger charge is 2.05. The van der Waals surface area contributed by atoms with Gasteiger partial charge < -0.3 is 10.5 Å². The lowest BCUT2D eigenvalue weighted by Gasteiger charge is -2.03. The van der Waals surface area contributed by atoms with Crippen molar-refractivity contribution in [3.8, 4) is 5.75 Å². The number of rotatable bonds is 3. The van der Waals surface area contributed by atoms with Crippen molar-refractivity contribution in [3.63, 3.8) is 0 Å². The van der Waals surface area contributed by atoms with Gasteiger partial charge in [0.25, 0.3) is 0 Å². The first-order valence-electron chi connectivity index (χ1n) is 4.21. The number of nitrogen functional groups attached to an aromatic ring is 1. The van der Waals surface area contributed by atoms with Crippen LogP contribution in [0, 0.1) is 5.82 Å². The lowest BCUT2D eigenvalue weighted by Crippen LogP contribution is -1.99. The molecule has 0 unspecified atom stereocenters. The van der Waals surface area contributed by atoms with Gasteiger partial charge in [-0.3, -0.25) is 0 Å². The molecule has 1 aromatic carbocycles. The van der Waals surface area contributed by atoms with Crippen LogP contribution in [0.5, 0.6) is 5.75 Å². The van der Waals surface area contributed by atoms with Crippen LogP contribution in [0.2, 0.25) is 0 Å². The summed E-state index contributed by atoms with van der Waals surface area (Å²) in [6.45, 7) is 0.200. The van der Waals surface area contributed by atoms with Crippen LogP contribution in [0.25, 0.3) is 0 Å². The van der Waals surface area contributed by atoms with Gasteiger partial charge in [0.15, 0.2) is 0 Å². The highest BCUT2D eigenvalue weighted by Crippen LogP contribution is 2.17. The number of ether oxygens (including phenoxy) is 1. The normalized spacial score (nSPS) is 10.2. The summed E-state index contributed by atoms with van der Waals surface area (Å²) in [6.07, 6.45) is 0. The Kier molecular flexibility index (Phi) is 2.77. The summed E-state index contributed by atoms with van der Waals surface area (Å²) in [7, 11) is 0. The van der Waals surface area contributed by atoms with E-state index in [9.17, 15) is 4.39 Å². The molecule has 0 atom stereocenters. The molecule has 0 amide bonds. The minimum absolute atomic E-state index is 0.200. The third-order valence-electron chi connectivity index (χ3n) is 1.76. The first-order chi connectivity index (χ1) is 7.25. The van der Waals surface area contributed by atoms with E-state index < -0.39 is 0 Å². The minimum atomic E-state index is -0.336. The summed E-state index contributed by atoms with van der Waals surface area (Å²) < 4.78 is 21.7. The number of hydrogen-bond donors (Lipinski definition) is 1. The maximum absolute atomic E-state index is 12.8. The molecule has 4 nitrogen and oxygen atoms in total. The van der Waals surface area contributed by atoms with Gasteiger partial charge in [0.1, 0.15) is 28.9 Å². The molecular formula is C9H8FN3OS. The Hall–Kier alpha value is -1.69. The molecule has 2 rings (SSSR count). The molecule has 1 heterocycles. The minimum Gasteiger partial charge on any atom is -0.487 e. The van der Waals surface area contributed by atoms with Gasteiger partial charge >= 0.3 is 0 Å². The zero-order valence-electron chi connectivity index (χ0n) is 7.68. The molecule has 0 aliphatic heterocycles. The molecule has 6 heteroatoms. The third kappa shape index (κ3) is 2.41. The summed E-state index contributed by atoms with van der Waals surface area (Å²) in [5.74, 6) is 0.110. The predicted octanol–water partition coefficient (Wildman–Crippen LogP) is 1.84. The van der Waals surface area contributed by atoms with Crippen LogP contribution in [0.4, 0.5) is 9.39 Å². The van der Waals surface area contributed by atoms with Gasteiger partial charge in [-0.15, -0.1) is 5.10 Å². The Morgan fingerprint density at radius 2 is 2.33 bits per heavy atom. The molecule has 15 heavy (non-hydrogen) atoms. The number of aromatic nitrogens is 2. The Balaban J connectivity index is 2.02. The van der Waals surface area contributed by atoms with Gasteiger partial charge in [-0.25, -0.2) is 4.39 Å². The van der Waals surface area contributed by atoms with Gasteiger partial charge in [0.05, 0.1) is 0 Å². The predicted molar refractivity (Wildman–Crippen MR) is 55.1 cm³/mol. The van der Waals surface area contributed by atoms with Crippen LogP contribution in [-0.2, 0) is 6.61 Å². The second-order valence-corrected chi connectivity index (χ2v) is 3.62. The average molecular weight is 225 g/mol.